The van der Waals surface area contributed by atoms with Gasteiger partial charge in [-0.15, -0.1) is 0 Å². The second-order valence-corrected chi connectivity index (χ2v) is 7.53. The van der Waals surface area contributed by atoms with Crippen LogP contribution in [0.3, 0.4) is 0 Å². The molecule has 2 amide bonds. The molecule has 0 bridgehead atoms. The average molecular weight is 423 g/mol. The molecule has 7 heteroatoms. The molecule has 0 saturated heterocycles. The summed E-state index contributed by atoms with van der Waals surface area (Å²) in [6, 6.07) is 17.9. The van der Waals surface area contributed by atoms with E-state index in [9.17, 15) is 9.59 Å². The van der Waals surface area contributed by atoms with Gasteiger partial charge in [0.2, 0.25) is 11.8 Å². The van der Waals surface area contributed by atoms with Crippen LogP contribution in [0, 0.1) is 0 Å². The zero-order chi connectivity index (χ0) is 22.1. The SMILES string of the molecule is COc1ccc(C2=CCC(=O)N(CC(=O)NCCN(C)CCc3ccccc3)N2)cc1. The molecule has 0 atom stereocenters. The fraction of sp³-hybridized carbons (Fsp3) is 0.333. The van der Waals surface area contributed by atoms with Gasteiger partial charge in [0.25, 0.3) is 0 Å². The maximum Gasteiger partial charge on any atom is 0.245 e. The van der Waals surface area contributed by atoms with Crippen LogP contribution in [0.15, 0.2) is 60.7 Å². The number of carbonyl (C=O) groups is 2. The Morgan fingerprint density at radius 3 is 2.58 bits per heavy atom. The number of carbonyl (C=O) groups excluding carboxylic acids is 2. The van der Waals surface area contributed by atoms with E-state index in [2.05, 4.69) is 27.8 Å². The van der Waals surface area contributed by atoms with Crippen LogP contribution in [0.2, 0.25) is 0 Å². The summed E-state index contributed by atoms with van der Waals surface area (Å²) in [5.41, 5.74) is 6.09. The Morgan fingerprint density at radius 1 is 1.13 bits per heavy atom. The molecule has 2 aromatic rings. The number of ether oxygens (including phenoxy) is 1. The lowest BCUT2D eigenvalue weighted by molar-refractivity contribution is -0.137. The van der Waals surface area contributed by atoms with Gasteiger partial charge in [-0.05, 0) is 54.9 Å². The first-order chi connectivity index (χ1) is 15.0. The van der Waals surface area contributed by atoms with Crippen molar-refractivity contribution in [1.29, 1.82) is 0 Å². The molecule has 2 N–H and O–H groups in total. The van der Waals surface area contributed by atoms with Gasteiger partial charge in [-0.25, -0.2) is 5.01 Å². The van der Waals surface area contributed by atoms with Crippen molar-refractivity contribution in [3.63, 3.8) is 0 Å². The number of hydrazine groups is 1. The van der Waals surface area contributed by atoms with Crippen molar-refractivity contribution in [1.82, 2.24) is 20.7 Å². The van der Waals surface area contributed by atoms with E-state index in [-0.39, 0.29) is 24.8 Å². The molecule has 2 aromatic carbocycles. The third-order valence-corrected chi connectivity index (χ3v) is 5.18. The zero-order valence-corrected chi connectivity index (χ0v) is 18.1. The van der Waals surface area contributed by atoms with E-state index >= 15 is 0 Å². The highest BCUT2D eigenvalue weighted by molar-refractivity contribution is 5.88. The molecule has 7 nitrogen and oxygen atoms in total. The molecule has 0 unspecified atom stereocenters. The smallest absolute Gasteiger partial charge is 0.245 e. The molecule has 0 saturated carbocycles. The number of benzene rings is 2. The van der Waals surface area contributed by atoms with Crippen molar-refractivity contribution in [2.24, 2.45) is 0 Å². The van der Waals surface area contributed by atoms with Crippen molar-refractivity contribution in [2.45, 2.75) is 12.8 Å². The summed E-state index contributed by atoms with van der Waals surface area (Å²) in [7, 11) is 3.66. The Kier molecular flexibility index (Phi) is 8.06. The van der Waals surface area contributed by atoms with Crippen molar-refractivity contribution in [2.75, 3.05) is 40.3 Å². The van der Waals surface area contributed by atoms with Crippen LogP contribution in [0.25, 0.3) is 5.70 Å². The van der Waals surface area contributed by atoms with Crippen molar-refractivity contribution in [3.05, 3.63) is 71.8 Å². The second-order valence-electron chi connectivity index (χ2n) is 7.53. The predicted octanol–water partition coefficient (Wildman–Crippen LogP) is 2.06. The molecular formula is C24H30N4O3. The summed E-state index contributed by atoms with van der Waals surface area (Å²) in [5, 5.41) is 4.27. The molecule has 1 aliphatic heterocycles. The van der Waals surface area contributed by atoms with E-state index in [0.717, 1.165) is 36.5 Å². The van der Waals surface area contributed by atoms with E-state index in [1.54, 1.807) is 7.11 Å². The molecule has 0 radical (unpaired) electrons. The largest absolute Gasteiger partial charge is 0.497 e. The van der Waals surface area contributed by atoms with Crippen LogP contribution < -0.4 is 15.5 Å². The maximum atomic E-state index is 12.3. The van der Waals surface area contributed by atoms with Gasteiger partial charge in [-0.2, -0.15) is 0 Å². The third-order valence-electron chi connectivity index (χ3n) is 5.18. The highest BCUT2D eigenvalue weighted by atomic mass is 16.5. The molecular weight excluding hydrogens is 392 g/mol. The summed E-state index contributed by atoms with van der Waals surface area (Å²) in [5.74, 6) is 0.446. The zero-order valence-electron chi connectivity index (χ0n) is 18.1. The average Bonchev–Trinajstić information content (AvgIpc) is 2.80. The number of methoxy groups -OCH3 is 1. The van der Waals surface area contributed by atoms with Crippen LogP contribution in [0.1, 0.15) is 17.5 Å². The van der Waals surface area contributed by atoms with Gasteiger partial charge in [0, 0.05) is 26.1 Å². The van der Waals surface area contributed by atoms with Gasteiger partial charge in [0.05, 0.1) is 12.8 Å². The van der Waals surface area contributed by atoms with E-state index < -0.39 is 0 Å². The first-order valence-electron chi connectivity index (χ1n) is 10.5. The van der Waals surface area contributed by atoms with Gasteiger partial charge in [-0.3, -0.25) is 15.0 Å². The molecule has 0 aliphatic carbocycles. The molecule has 164 valence electrons. The summed E-state index contributed by atoms with van der Waals surface area (Å²) < 4.78 is 5.18. The second kappa shape index (κ2) is 11.2. The van der Waals surface area contributed by atoms with E-state index in [1.807, 2.05) is 55.6 Å². The number of rotatable bonds is 10. The molecule has 31 heavy (non-hydrogen) atoms. The molecule has 3 rings (SSSR count). The quantitative estimate of drug-likeness (QED) is 0.613. The van der Waals surface area contributed by atoms with Crippen LogP contribution in [0.4, 0.5) is 0 Å². The lowest BCUT2D eigenvalue weighted by Crippen LogP contribution is -2.49. The molecule has 0 aromatic heterocycles. The predicted molar refractivity (Wildman–Crippen MR) is 121 cm³/mol. The topological polar surface area (TPSA) is 73.9 Å². The summed E-state index contributed by atoms with van der Waals surface area (Å²) in [4.78, 5) is 26.7. The third kappa shape index (κ3) is 6.86. The highest BCUT2D eigenvalue weighted by Gasteiger charge is 2.22. The number of hydrogen-bond donors (Lipinski definition) is 2. The van der Waals surface area contributed by atoms with Crippen LogP contribution in [-0.4, -0.2) is 62.1 Å². The maximum absolute atomic E-state index is 12.3. The van der Waals surface area contributed by atoms with E-state index in [4.69, 9.17) is 4.74 Å². The van der Waals surface area contributed by atoms with Gasteiger partial charge < -0.3 is 15.0 Å². The van der Waals surface area contributed by atoms with Crippen molar-refractivity contribution >= 4 is 17.5 Å². The minimum Gasteiger partial charge on any atom is -0.497 e. The first-order valence-corrected chi connectivity index (χ1v) is 10.5. The number of amides is 2. The summed E-state index contributed by atoms with van der Waals surface area (Å²) in [6.45, 7) is 2.17. The standard InChI is InChI=1S/C24H30N4O3/c1-27(16-14-19-6-4-3-5-7-19)17-15-25-23(29)18-28-24(30)13-12-22(26-28)20-8-10-21(31-2)11-9-20/h3-12,26H,13-18H2,1-2H3,(H,25,29). The normalized spacial score (nSPS) is 13.6. The number of hydrogen-bond acceptors (Lipinski definition) is 5. The Bertz CT molecular complexity index is 897. The van der Waals surface area contributed by atoms with Crippen molar-refractivity contribution < 1.29 is 14.3 Å². The van der Waals surface area contributed by atoms with Gasteiger partial charge >= 0.3 is 0 Å². The van der Waals surface area contributed by atoms with Crippen LogP contribution in [-0.2, 0) is 16.0 Å². The Hall–Kier alpha value is -3.32. The molecule has 0 fully saturated rings. The van der Waals surface area contributed by atoms with Crippen LogP contribution in [0.5, 0.6) is 5.75 Å². The summed E-state index contributed by atoms with van der Waals surface area (Å²) in [6.07, 6.45) is 3.06. The number of nitrogens with one attached hydrogen (secondary N) is 2. The fourth-order valence-electron chi connectivity index (χ4n) is 3.30. The Labute approximate surface area is 183 Å². The van der Waals surface area contributed by atoms with Crippen LogP contribution >= 0.6 is 0 Å². The van der Waals surface area contributed by atoms with Gasteiger partial charge in [0.15, 0.2) is 0 Å². The monoisotopic (exact) mass is 422 g/mol. The fourth-order valence-corrected chi connectivity index (χ4v) is 3.30. The number of likely N-dealkylation sites (N-methyl/N-ethyl adjacent to an activating group) is 1. The Morgan fingerprint density at radius 2 is 1.87 bits per heavy atom. The number of nitrogens with zero attached hydrogens (tertiary/aromatic N) is 2. The van der Waals surface area contributed by atoms with Crippen molar-refractivity contribution in [3.8, 4) is 5.75 Å². The van der Waals surface area contributed by atoms with E-state index in [1.165, 1.54) is 10.6 Å². The van der Waals surface area contributed by atoms with Gasteiger partial charge in [-0.1, -0.05) is 30.3 Å². The summed E-state index contributed by atoms with van der Waals surface area (Å²) >= 11 is 0. The molecule has 1 heterocycles. The minimum atomic E-state index is -0.187. The highest BCUT2D eigenvalue weighted by Crippen LogP contribution is 2.20. The molecule has 0 spiro atoms. The van der Waals surface area contributed by atoms with E-state index in [0.29, 0.717) is 6.54 Å². The lowest BCUT2D eigenvalue weighted by Gasteiger charge is -2.29. The van der Waals surface area contributed by atoms with Gasteiger partial charge in [0.1, 0.15) is 12.3 Å². The first kappa shape index (κ1) is 22.4. The lowest BCUT2D eigenvalue weighted by atomic mass is 10.1. The Balaban J connectivity index is 1.41. The molecule has 1 aliphatic rings. The minimum absolute atomic E-state index is 0.0277.